The lowest BCUT2D eigenvalue weighted by molar-refractivity contribution is -0.262. The summed E-state index contributed by atoms with van der Waals surface area (Å²) >= 11 is 0. The molecule has 0 aromatic heterocycles. The number of fused-ring (bicyclic) bond motifs is 1. The summed E-state index contributed by atoms with van der Waals surface area (Å²) in [6.45, 7) is 3.41. The molecule has 4 amide bonds. The van der Waals surface area contributed by atoms with Crippen molar-refractivity contribution in [2.24, 2.45) is 28.6 Å². The normalized spacial score (nSPS) is 31.7. The van der Waals surface area contributed by atoms with Crippen LogP contribution < -0.4 is 16.0 Å². The maximum absolute atomic E-state index is 14.2. The number of hydrogen-bond donors (Lipinski definition) is 3. The number of piperidine rings is 1. The van der Waals surface area contributed by atoms with E-state index in [1.165, 1.54) is 5.32 Å². The molecule has 0 aromatic rings. The molecule has 41 heavy (non-hydrogen) atoms. The van der Waals surface area contributed by atoms with Gasteiger partial charge in [-0.3, -0.25) is 19.2 Å². The molecule has 3 saturated carbocycles. The minimum absolute atomic E-state index is 0.00454. The summed E-state index contributed by atoms with van der Waals surface area (Å²) in [4.78, 5) is 52.2. The first kappa shape index (κ1) is 29.4. The zero-order valence-corrected chi connectivity index (χ0v) is 22.4. The number of alkyl halides is 6. The van der Waals surface area contributed by atoms with E-state index in [2.05, 4.69) is 10.6 Å². The van der Waals surface area contributed by atoms with Gasteiger partial charge in [0, 0.05) is 18.0 Å². The fraction of sp³-hybridized carbons (Fsp3) is 0.808. The number of nitrogens with one attached hydrogen (secondary N) is 3. The van der Waals surface area contributed by atoms with Crippen molar-refractivity contribution in [2.75, 3.05) is 6.54 Å². The molecule has 0 aromatic carbocycles. The van der Waals surface area contributed by atoms with E-state index in [0.29, 0.717) is 6.42 Å². The lowest BCUT2D eigenvalue weighted by atomic mass is 9.62. The first-order valence-electron chi connectivity index (χ1n) is 13.6. The van der Waals surface area contributed by atoms with Crippen LogP contribution >= 0.6 is 0 Å². The van der Waals surface area contributed by atoms with Crippen LogP contribution in [0.15, 0.2) is 0 Å². The highest BCUT2D eigenvalue weighted by Gasteiger charge is 2.72. The van der Waals surface area contributed by atoms with E-state index in [-0.39, 0.29) is 36.8 Å². The van der Waals surface area contributed by atoms with Crippen LogP contribution in [-0.4, -0.2) is 71.1 Å². The fourth-order valence-corrected chi connectivity index (χ4v) is 7.26. The van der Waals surface area contributed by atoms with Crippen LogP contribution in [0.5, 0.6) is 0 Å². The molecule has 5 rings (SSSR count). The number of rotatable bonds is 7. The van der Waals surface area contributed by atoms with Crippen LogP contribution in [0.3, 0.4) is 0 Å². The molecule has 2 aliphatic heterocycles. The third-order valence-corrected chi connectivity index (χ3v) is 10.1. The summed E-state index contributed by atoms with van der Waals surface area (Å²) in [6, 6.07) is -3.15. The number of carbonyl (C=O) groups is 4. The Bertz CT molecular complexity index is 1200. The molecule has 2 heterocycles. The van der Waals surface area contributed by atoms with Crippen LogP contribution in [0.1, 0.15) is 58.8 Å². The van der Waals surface area contributed by atoms with Crippen molar-refractivity contribution < 1.29 is 45.5 Å². The quantitative estimate of drug-likeness (QED) is 0.391. The Morgan fingerprint density at radius 1 is 1.10 bits per heavy atom. The van der Waals surface area contributed by atoms with Gasteiger partial charge < -0.3 is 20.9 Å². The molecule has 15 heteroatoms. The van der Waals surface area contributed by atoms with Gasteiger partial charge in [0.05, 0.1) is 11.5 Å². The molecular formula is C26H31F6N5O4. The molecule has 226 valence electrons. The highest BCUT2D eigenvalue weighted by atomic mass is 19.4. The highest BCUT2D eigenvalue weighted by molar-refractivity contribution is 5.95. The van der Waals surface area contributed by atoms with E-state index in [0.717, 1.165) is 17.7 Å². The van der Waals surface area contributed by atoms with Crippen molar-refractivity contribution in [2.45, 2.75) is 94.8 Å². The molecule has 9 nitrogen and oxygen atoms in total. The Hall–Kier alpha value is -3.05. The summed E-state index contributed by atoms with van der Waals surface area (Å²) < 4.78 is 82.0. The summed E-state index contributed by atoms with van der Waals surface area (Å²) in [6.07, 6.45) is -9.81. The second kappa shape index (κ2) is 9.22. The first-order valence-corrected chi connectivity index (χ1v) is 13.6. The van der Waals surface area contributed by atoms with Crippen molar-refractivity contribution >= 4 is 23.6 Å². The number of amides is 4. The molecule has 1 unspecified atom stereocenters. The van der Waals surface area contributed by atoms with Crippen LogP contribution in [0.4, 0.5) is 26.3 Å². The maximum atomic E-state index is 14.2. The van der Waals surface area contributed by atoms with E-state index in [9.17, 15) is 50.8 Å². The molecule has 3 N–H and O–H groups in total. The molecule has 5 fully saturated rings. The maximum Gasteiger partial charge on any atom is 0.471 e. The number of halogens is 6. The zero-order chi connectivity index (χ0) is 30.3. The average molecular weight is 592 g/mol. The largest absolute Gasteiger partial charge is 0.471 e. The highest BCUT2D eigenvalue weighted by Crippen LogP contribution is 2.65. The lowest BCUT2D eigenvalue weighted by Gasteiger charge is -2.49. The Labute approximate surface area is 231 Å². The van der Waals surface area contributed by atoms with Crippen molar-refractivity contribution in [3.05, 3.63) is 0 Å². The molecule has 5 aliphatic rings. The predicted molar refractivity (Wildman–Crippen MR) is 127 cm³/mol. The molecule has 0 bridgehead atoms. The summed E-state index contributed by atoms with van der Waals surface area (Å²) in [7, 11) is 0. The van der Waals surface area contributed by atoms with E-state index >= 15 is 0 Å². The minimum atomic E-state index is -5.54. The van der Waals surface area contributed by atoms with Crippen LogP contribution in [0.2, 0.25) is 0 Å². The summed E-state index contributed by atoms with van der Waals surface area (Å²) in [5.74, 6) is -6.52. The number of nitrogens with zero attached hydrogens (tertiary/aromatic N) is 2. The van der Waals surface area contributed by atoms with Gasteiger partial charge in [-0.2, -0.15) is 31.6 Å². The van der Waals surface area contributed by atoms with Crippen LogP contribution in [0, 0.1) is 39.9 Å². The van der Waals surface area contributed by atoms with Crippen molar-refractivity contribution in [1.82, 2.24) is 20.9 Å². The van der Waals surface area contributed by atoms with E-state index in [4.69, 9.17) is 0 Å². The van der Waals surface area contributed by atoms with Gasteiger partial charge in [-0.05, 0) is 55.8 Å². The summed E-state index contributed by atoms with van der Waals surface area (Å²) in [5.41, 5.74) is -3.66. The van der Waals surface area contributed by atoms with E-state index in [1.54, 1.807) is 13.8 Å². The van der Waals surface area contributed by atoms with Crippen molar-refractivity contribution in [1.29, 1.82) is 5.26 Å². The third kappa shape index (κ3) is 4.80. The van der Waals surface area contributed by atoms with Crippen molar-refractivity contribution in [3.8, 4) is 6.07 Å². The number of nitriles is 1. The predicted octanol–water partition coefficient (Wildman–Crippen LogP) is 2.32. The Morgan fingerprint density at radius 2 is 1.73 bits per heavy atom. The number of hydrogen-bond acceptors (Lipinski definition) is 5. The molecular weight excluding hydrogens is 560 g/mol. The van der Waals surface area contributed by atoms with Gasteiger partial charge in [-0.1, -0.05) is 20.3 Å². The Morgan fingerprint density at radius 3 is 2.20 bits per heavy atom. The monoisotopic (exact) mass is 591 g/mol. The number of carbonyl (C=O) groups excluding carboxylic acids is 4. The smallest absolute Gasteiger partial charge is 0.350 e. The fourth-order valence-electron chi connectivity index (χ4n) is 7.26. The van der Waals surface area contributed by atoms with Gasteiger partial charge in [0.25, 0.3) is 0 Å². The molecule has 1 spiro atoms. The molecule has 3 aliphatic carbocycles. The van der Waals surface area contributed by atoms with E-state index < -0.39 is 83.7 Å². The Balaban J connectivity index is 1.38. The van der Waals surface area contributed by atoms with Gasteiger partial charge in [0.2, 0.25) is 17.7 Å². The number of likely N-dealkylation sites (tertiary alicyclic amines) is 1. The molecule has 0 radical (unpaired) electrons. The first-order chi connectivity index (χ1) is 18.9. The van der Waals surface area contributed by atoms with Gasteiger partial charge >= 0.3 is 18.3 Å². The second-order valence-corrected chi connectivity index (χ2v) is 12.9. The standard InChI is InChI=1S/C26H31F6N5O4/c1-22(2)14-11-37(20(40)17(35-21(41)25(27,28)29)24(4-3-5-24)26(30,31)32)16(15(14)22)19(39)34-13(10-33)8-12-9-23(6-7-23)36-18(12)38/h12-17H,3-9,11H2,1-2H3,(H,34,39)(H,35,41)(H,36,38)/t12-,13+,14+,15+,16+,17?/m1/s1. The van der Waals surface area contributed by atoms with Gasteiger partial charge in [-0.15, -0.1) is 0 Å². The van der Waals surface area contributed by atoms with Crippen LogP contribution in [-0.2, 0) is 19.2 Å². The second-order valence-electron chi connectivity index (χ2n) is 12.9. The van der Waals surface area contributed by atoms with Gasteiger partial charge in [-0.25, -0.2) is 0 Å². The van der Waals surface area contributed by atoms with Crippen molar-refractivity contribution in [3.63, 3.8) is 0 Å². The SMILES string of the molecule is CC1(C)[C@@H]2[C@@H](C(=O)N[C@H](C#N)C[C@@H]3CC4(CC4)NC3=O)N(C(=O)C(NC(=O)C(F)(F)F)C3(C(F)(F)F)CCC3)C[C@@H]21. The topological polar surface area (TPSA) is 131 Å². The Kier molecular flexibility index (Phi) is 6.62. The summed E-state index contributed by atoms with van der Waals surface area (Å²) in [5, 5.41) is 16.4. The van der Waals surface area contributed by atoms with Gasteiger partial charge in [0.15, 0.2) is 0 Å². The van der Waals surface area contributed by atoms with E-state index in [1.807, 2.05) is 6.07 Å². The third-order valence-electron chi connectivity index (χ3n) is 10.1. The minimum Gasteiger partial charge on any atom is -0.350 e. The molecule has 2 saturated heterocycles. The zero-order valence-electron chi connectivity index (χ0n) is 22.4. The lowest BCUT2D eigenvalue weighted by Crippen LogP contribution is -2.67. The van der Waals surface area contributed by atoms with Crippen LogP contribution in [0.25, 0.3) is 0 Å². The average Bonchev–Trinajstić information content (AvgIpc) is 3.54. The molecule has 6 atom stereocenters. The van der Waals surface area contributed by atoms with Gasteiger partial charge in [0.1, 0.15) is 18.1 Å².